The fourth-order valence-corrected chi connectivity index (χ4v) is 3.26. The molecule has 0 spiro atoms. The van der Waals surface area contributed by atoms with Crippen LogP contribution in [0.25, 0.3) is 0 Å². The molecule has 1 heterocycles. The second-order valence-electron chi connectivity index (χ2n) is 5.12. The highest BCUT2D eigenvalue weighted by Crippen LogP contribution is 2.43. The van der Waals surface area contributed by atoms with Gasteiger partial charge in [0.1, 0.15) is 0 Å². The molecule has 1 aliphatic heterocycles. The van der Waals surface area contributed by atoms with Crippen molar-refractivity contribution in [1.82, 2.24) is 4.90 Å². The predicted molar refractivity (Wildman–Crippen MR) is 60.7 cm³/mol. The van der Waals surface area contributed by atoms with Crippen LogP contribution in [0.3, 0.4) is 0 Å². The van der Waals surface area contributed by atoms with Gasteiger partial charge in [0.2, 0.25) is 0 Å². The van der Waals surface area contributed by atoms with Crippen molar-refractivity contribution >= 4 is 15.9 Å². The number of hydrogen-bond acceptors (Lipinski definition) is 1. The monoisotopic (exact) mass is 281 g/mol. The SMILES string of the molecule is FC1(F)CCN(CC2(CBr)CCC2)CC1. The Hall–Kier alpha value is 0.300. The van der Waals surface area contributed by atoms with Gasteiger partial charge in [0.05, 0.1) is 0 Å². The van der Waals surface area contributed by atoms with E-state index in [1.807, 2.05) is 0 Å². The lowest BCUT2D eigenvalue weighted by atomic mass is 9.70. The molecular formula is C11H18BrF2N. The Balaban J connectivity index is 1.81. The van der Waals surface area contributed by atoms with Crippen LogP contribution in [0.1, 0.15) is 32.1 Å². The number of nitrogens with zero attached hydrogens (tertiary/aromatic N) is 1. The second kappa shape index (κ2) is 4.28. The van der Waals surface area contributed by atoms with Gasteiger partial charge in [-0.05, 0) is 18.3 Å². The first-order valence-corrected chi connectivity index (χ1v) is 6.84. The minimum absolute atomic E-state index is 0.0470. The fraction of sp³-hybridized carbons (Fsp3) is 1.00. The summed E-state index contributed by atoms with van der Waals surface area (Å²) in [5.41, 5.74) is 0.395. The molecule has 0 unspecified atom stereocenters. The van der Waals surface area contributed by atoms with E-state index in [9.17, 15) is 8.78 Å². The average Bonchev–Trinajstić information content (AvgIpc) is 2.14. The maximum Gasteiger partial charge on any atom is 0.250 e. The van der Waals surface area contributed by atoms with Crippen LogP contribution in [0, 0.1) is 5.41 Å². The van der Waals surface area contributed by atoms with Gasteiger partial charge in [-0.1, -0.05) is 22.4 Å². The Morgan fingerprint density at radius 2 is 1.67 bits per heavy atom. The third-order valence-corrected chi connectivity index (χ3v) is 5.03. The van der Waals surface area contributed by atoms with Crippen molar-refractivity contribution < 1.29 is 8.78 Å². The molecule has 2 rings (SSSR count). The summed E-state index contributed by atoms with van der Waals surface area (Å²) < 4.78 is 25.9. The first kappa shape index (κ1) is 11.8. The van der Waals surface area contributed by atoms with Crippen LogP contribution >= 0.6 is 15.9 Å². The number of piperidine rings is 1. The van der Waals surface area contributed by atoms with Gasteiger partial charge >= 0.3 is 0 Å². The zero-order valence-corrected chi connectivity index (χ0v) is 10.5. The maximum absolute atomic E-state index is 13.0. The van der Waals surface area contributed by atoms with Crippen molar-refractivity contribution in [2.75, 3.05) is 25.0 Å². The molecule has 15 heavy (non-hydrogen) atoms. The minimum atomic E-state index is -2.41. The van der Waals surface area contributed by atoms with Crippen molar-refractivity contribution in [3.8, 4) is 0 Å². The summed E-state index contributed by atoms with van der Waals surface area (Å²) in [4.78, 5) is 2.22. The molecule has 1 saturated carbocycles. The lowest BCUT2D eigenvalue weighted by Crippen LogP contribution is -2.48. The number of hydrogen-bond donors (Lipinski definition) is 0. The van der Waals surface area contributed by atoms with E-state index in [-0.39, 0.29) is 12.8 Å². The highest BCUT2D eigenvalue weighted by atomic mass is 79.9. The molecular weight excluding hydrogens is 264 g/mol. The fourth-order valence-electron chi connectivity index (χ4n) is 2.52. The van der Waals surface area contributed by atoms with Crippen LogP contribution in [0.5, 0.6) is 0 Å². The van der Waals surface area contributed by atoms with Crippen molar-refractivity contribution in [3.63, 3.8) is 0 Å². The molecule has 0 aromatic rings. The summed E-state index contributed by atoms with van der Waals surface area (Å²) in [6.45, 7) is 2.15. The quantitative estimate of drug-likeness (QED) is 0.718. The highest BCUT2D eigenvalue weighted by molar-refractivity contribution is 9.09. The normalized spacial score (nSPS) is 29.8. The van der Waals surface area contributed by atoms with Crippen LogP contribution in [0.15, 0.2) is 0 Å². The molecule has 2 fully saturated rings. The van der Waals surface area contributed by atoms with E-state index in [0.29, 0.717) is 18.5 Å². The molecule has 1 aliphatic carbocycles. The van der Waals surface area contributed by atoms with Gasteiger partial charge in [0.15, 0.2) is 0 Å². The lowest BCUT2D eigenvalue weighted by Gasteiger charge is -2.45. The van der Waals surface area contributed by atoms with Gasteiger partial charge < -0.3 is 4.90 Å². The van der Waals surface area contributed by atoms with E-state index in [0.717, 1.165) is 11.9 Å². The zero-order valence-electron chi connectivity index (χ0n) is 8.95. The standard InChI is InChI=1S/C11H18BrF2N/c12-8-10(2-1-3-10)9-15-6-4-11(13,14)5-7-15/h1-9H2. The Bertz CT molecular complexity index is 213. The van der Waals surface area contributed by atoms with E-state index >= 15 is 0 Å². The summed E-state index contributed by atoms with van der Waals surface area (Å²) in [6.07, 6.45) is 3.91. The van der Waals surface area contributed by atoms with Crippen molar-refractivity contribution in [1.29, 1.82) is 0 Å². The van der Waals surface area contributed by atoms with Gasteiger partial charge in [0, 0.05) is 37.8 Å². The lowest BCUT2D eigenvalue weighted by molar-refractivity contribution is -0.0649. The van der Waals surface area contributed by atoms with Gasteiger partial charge in [0.25, 0.3) is 5.92 Å². The van der Waals surface area contributed by atoms with Crippen molar-refractivity contribution in [2.24, 2.45) is 5.41 Å². The van der Waals surface area contributed by atoms with E-state index in [2.05, 4.69) is 20.8 Å². The molecule has 1 nitrogen and oxygen atoms in total. The van der Waals surface area contributed by atoms with E-state index in [4.69, 9.17) is 0 Å². The molecule has 0 bridgehead atoms. The molecule has 0 atom stereocenters. The van der Waals surface area contributed by atoms with E-state index in [1.54, 1.807) is 0 Å². The van der Waals surface area contributed by atoms with Crippen LogP contribution in [0.2, 0.25) is 0 Å². The van der Waals surface area contributed by atoms with Gasteiger partial charge in [-0.2, -0.15) is 0 Å². The van der Waals surface area contributed by atoms with Gasteiger partial charge in [-0.3, -0.25) is 0 Å². The van der Waals surface area contributed by atoms with Gasteiger partial charge in [-0.15, -0.1) is 0 Å². The van der Waals surface area contributed by atoms with Crippen LogP contribution < -0.4 is 0 Å². The Labute approximate surface area is 98.3 Å². The molecule has 0 radical (unpaired) electrons. The maximum atomic E-state index is 13.0. The van der Waals surface area contributed by atoms with Crippen molar-refractivity contribution in [2.45, 2.75) is 38.0 Å². The highest BCUT2D eigenvalue weighted by Gasteiger charge is 2.40. The Morgan fingerprint density at radius 3 is 2.07 bits per heavy atom. The average molecular weight is 282 g/mol. The molecule has 88 valence electrons. The topological polar surface area (TPSA) is 3.24 Å². The molecule has 2 aliphatic rings. The zero-order chi connectivity index (χ0) is 10.9. The van der Waals surface area contributed by atoms with Crippen LogP contribution in [-0.2, 0) is 0 Å². The summed E-state index contributed by atoms with van der Waals surface area (Å²) in [7, 11) is 0. The summed E-state index contributed by atoms with van der Waals surface area (Å²) >= 11 is 3.56. The Morgan fingerprint density at radius 1 is 1.07 bits per heavy atom. The summed E-state index contributed by atoms with van der Waals surface area (Å²) in [6, 6.07) is 0. The van der Waals surface area contributed by atoms with Gasteiger partial charge in [-0.25, -0.2) is 8.78 Å². The first-order chi connectivity index (χ1) is 7.05. The second-order valence-corrected chi connectivity index (χ2v) is 5.68. The van der Waals surface area contributed by atoms with E-state index < -0.39 is 5.92 Å². The molecule has 0 N–H and O–H groups in total. The Kier molecular flexibility index (Phi) is 3.36. The van der Waals surface area contributed by atoms with Crippen LogP contribution in [0.4, 0.5) is 8.78 Å². The van der Waals surface area contributed by atoms with Crippen LogP contribution in [-0.4, -0.2) is 35.8 Å². The summed E-state index contributed by atoms with van der Waals surface area (Å²) in [5, 5.41) is 1.02. The third-order valence-electron chi connectivity index (χ3n) is 3.84. The molecule has 0 amide bonds. The third kappa shape index (κ3) is 2.70. The first-order valence-electron chi connectivity index (χ1n) is 5.72. The number of likely N-dealkylation sites (tertiary alicyclic amines) is 1. The largest absolute Gasteiger partial charge is 0.302 e. The molecule has 1 saturated heterocycles. The number of alkyl halides is 3. The molecule has 4 heteroatoms. The molecule has 0 aromatic heterocycles. The van der Waals surface area contributed by atoms with Crippen molar-refractivity contribution in [3.05, 3.63) is 0 Å². The minimum Gasteiger partial charge on any atom is -0.302 e. The predicted octanol–water partition coefficient (Wildman–Crippen LogP) is 3.28. The summed E-state index contributed by atoms with van der Waals surface area (Å²) in [5.74, 6) is -2.41. The smallest absolute Gasteiger partial charge is 0.250 e. The number of halogens is 3. The number of rotatable bonds is 3. The molecule has 0 aromatic carbocycles. The van der Waals surface area contributed by atoms with E-state index in [1.165, 1.54) is 19.3 Å².